The molecule has 0 aromatic carbocycles. The smallest absolute Gasteiger partial charge is 0.306 e. The maximum Gasteiger partial charge on any atom is 0.306 e. The Bertz CT molecular complexity index is 1130. The molecule has 2 aromatic rings. The summed E-state index contributed by atoms with van der Waals surface area (Å²) in [6.07, 6.45) is 4.48. The third-order valence-corrected chi connectivity index (χ3v) is 9.01. The predicted molar refractivity (Wildman–Crippen MR) is 134 cm³/mol. The van der Waals surface area contributed by atoms with Gasteiger partial charge in [-0.3, -0.25) is 9.59 Å². The maximum absolute atomic E-state index is 14.8. The van der Waals surface area contributed by atoms with Crippen LogP contribution < -0.4 is 4.74 Å². The van der Waals surface area contributed by atoms with Crippen LogP contribution in [-0.4, -0.2) is 70.5 Å². The normalized spacial score (nSPS) is 19.2. The molecule has 1 unspecified atom stereocenters. The Labute approximate surface area is 211 Å². The lowest BCUT2D eigenvalue weighted by Gasteiger charge is -2.54. The van der Waals surface area contributed by atoms with Gasteiger partial charge in [0.15, 0.2) is 11.5 Å². The minimum Gasteiger partial charge on any atom is -0.481 e. The second kappa shape index (κ2) is 10.3. The molecule has 9 nitrogen and oxygen atoms in total. The summed E-state index contributed by atoms with van der Waals surface area (Å²) in [6.45, 7) is 7.76. The molecule has 1 N–H and O–H groups in total. The number of nitrogens with zero attached hydrogens (tertiary/aromatic N) is 4. The number of methoxy groups -OCH3 is 1. The Morgan fingerprint density at radius 2 is 2.03 bits per heavy atom. The van der Waals surface area contributed by atoms with Gasteiger partial charge in [-0.15, -0.1) is 0 Å². The molecule has 11 heteroatoms. The fourth-order valence-electron chi connectivity index (χ4n) is 5.01. The highest BCUT2D eigenvalue weighted by molar-refractivity contribution is 6.76. The number of halogens is 1. The van der Waals surface area contributed by atoms with Crippen molar-refractivity contribution in [1.82, 2.24) is 19.7 Å². The highest BCUT2D eigenvalue weighted by atomic mass is 28.3. The van der Waals surface area contributed by atoms with Gasteiger partial charge in [0.1, 0.15) is 6.73 Å². The second-order valence-corrected chi connectivity index (χ2v) is 16.7. The number of ether oxygens (including phenoxy) is 2. The van der Waals surface area contributed by atoms with Crippen LogP contribution in [0.1, 0.15) is 42.6 Å². The fourth-order valence-corrected chi connectivity index (χ4v) is 5.77. The molecule has 0 bridgehead atoms. The van der Waals surface area contributed by atoms with Crippen molar-refractivity contribution < 1.29 is 28.6 Å². The summed E-state index contributed by atoms with van der Waals surface area (Å²) in [6, 6.07) is 4.02. The molecule has 3 heterocycles. The first-order chi connectivity index (χ1) is 17.0. The van der Waals surface area contributed by atoms with E-state index in [1.165, 1.54) is 17.9 Å². The van der Waals surface area contributed by atoms with Gasteiger partial charge in [0.25, 0.3) is 5.91 Å². The topological polar surface area (TPSA) is 107 Å². The molecule has 1 aliphatic carbocycles. The molecular weight excluding hydrogens is 483 g/mol. The number of pyridine rings is 1. The molecule has 1 spiro atoms. The van der Waals surface area contributed by atoms with Crippen molar-refractivity contribution in [2.24, 2.45) is 5.92 Å². The van der Waals surface area contributed by atoms with Crippen LogP contribution in [-0.2, 0) is 16.3 Å². The van der Waals surface area contributed by atoms with Gasteiger partial charge in [-0.1, -0.05) is 19.6 Å². The van der Waals surface area contributed by atoms with Gasteiger partial charge in [0.2, 0.25) is 5.88 Å². The van der Waals surface area contributed by atoms with E-state index in [-0.39, 0.29) is 29.8 Å². The number of piperidine rings is 1. The summed E-state index contributed by atoms with van der Waals surface area (Å²) in [7, 11) is 0.154. The van der Waals surface area contributed by atoms with Crippen LogP contribution in [0.2, 0.25) is 25.7 Å². The first kappa shape index (κ1) is 26.3. The SMILES string of the molecule is COc1cc(-c2cc(C(=O)N3CCC(C(=O)O)CC34CCC4)nn2COCC[Si](C)(C)C)c(F)cn1. The monoisotopic (exact) mass is 518 g/mol. The number of carboxylic acid groups (broad SMARTS) is 1. The van der Waals surface area contributed by atoms with Crippen molar-refractivity contribution in [3.8, 4) is 17.1 Å². The Morgan fingerprint density at radius 3 is 2.64 bits per heavy atom. The van der Waals surface area contributed by atoms with Gasteiger partial charge in [0.05, 0.1) is 24.9 Å². The Kier molecular flexibility index (Phi) is 7.51. The van der Waals surface area contributed by atoms with Gasteiger partial charge in [-0.25, -0.2) is 14.1 Å². The minimum atomic E-state index is -1.30. The van der Waals surface area contributed by atoms with Crippen LogP contribution in [0.15, 0.2) is 18.3 Å². The van der Waals surface area contributed by atoms with E-state index in [4.69, 9.17) is 9.47 Å². The summed E-state index contributed by atoms with van der Waals surface area (Å²) < 4.78 is 27.4. The minimum absolute atomic E-state index is 0.0728. The molecular formula is C25H35FN4O5Si. The van der Waals surface area contributed by atoms with E-state index < -0.39 is 31.3 Å². The summed E-state index contributed by atoms with van der Waals surface area (Å²) in [4.78, 5) is 31.0. The molecule has 196 valence electrons. The number of aliphatic carboxylic acids is 1. The van der Waals surface area contributed by atoms with Crippen molar-refractivity contribution in [3.05, 3.63) is 29.8 Å². The summed E-state index contributed by atoms with van der Waals surface area (Å²) in [5.74, 6) is -1.83. The first-order valence-corrected chi connectivity index (χ1v) is 16.1. The average Bonchev–Trinajstić information content (AvgIpc) is 3.23. The van der Waals surface area contributed by atoms with Crippen LogP contribution in [0.5, 0.6) is 5.88 Å². The molecule has 4 rings (SSSR count). The van der Waals surface area contributed by atoms with Gasteiger partial charge >= 0.3 is 5.97 Å². The number of hydrogen-bond donors (Lipinski definition) is 1. The molecule has 1 atom stereocenters. The number of carbonyl (C=O) groups is 2. The zero-order chi connectivity index (χ0) is 26.1. The number of carbonyl (C=O) groups excluding carboxylic acids is 1. The summed E-state index contributed by atoms with van der Waals surface area (Å²) in [5, 5.41) is 14.1. The van der Waals surface area contributed by atoms with E-state index in [0.29, 0.717) is 31.7 Å². The Balaban J connectivity index is 1.64. The Hall–Kier alpha value is -2.79. The van der Waals surface area contributed by atoms with Crippen LogP contribution in [0.4, 0.5) is 4.39 Å². The average molecular weight is 519 g/mol. The number of hydrogen-bond acceptors (Lipinski definition) is 6. The van der Waals surface area contributed by atoms with Crippen LogP contribution in [0.25, 0.3) is 11.3 Å². The quantitative estimate of drug-likeness (QED) is 0.390. The standard InChI is InChI=1S/C25H35FN4O5Si/c1-34-22-12-18(19(26)15-27-22)21-13-20(28-30(21)16-35-10-11-36(2,3)4)23(31)29-9-6-17(24(32)33)14-25(29)7-5-8-25/h12-13,15,17H,5-11,14,16H2,1-4H3,(H,32,33). The van der Waals surface area contributed by atoms with E-state index in [1.807, 2.05) is 0 Å². The van der Waals surface area contributed by atoms with E-state index in [0.717, 1.165) is 31.5 Å². The number of rotatable bonds is 9. The number of carboxylic acids is 1. The first-order valence-electron chi connectivity index (χ1n) is 12.4. The largest absolute Gasteiger partial charge is 0.481 e. The predicted octanol–water partition coefficient (Wildman–Crippen LogP) is 4.26. The van der Waals surface area contributed by atoms with Crippen molar-refractivity contribution in [2.75, 3.05) is 20.3 Å². The Morgan fingerprint density at radius 1 is 1.28 bits per heavy atom. The fraction of sp³-hybridized carbons (Fsp3) is 0.600. The van der Waals surface area contributed by atoms with Crippen LogP contribution in [0, 0.1) is 11.7 Å². The van der Waals surface area contributed by atoms with E-state index in [9.17, 15) is 19.1 Å². The molecule has 36 heavy (non-hydrogen) atoms. The molecule has 1 saturated heterocycles. The van der Waals surface area contributed by atoms with Gasteiger partial charge < -0.3 is 19.5 Å². The molecule has 2 aliphatic rings. The van der Waals surface area contributed by atoms with Crippen molar-refractivity contribution in [1.29, 1.82) is 0 Å². The van der Waals surface area contributed by atoms with Gasteiger partial charge in [0, 0.05) is 38.4 Å². The number of amides is 1. The second-order valence-electron chi connectivity index (χ2n) is 11.0. The number of aromatic nitrogens is 3. The molecule has 2 aromatic heterocycles. The zero-order valence-corrected chi connectivity index (χ0v) is 22.4. The maximum atomic E-state index is 14.8. The van der Waals surface area contributed by atoms with Crippen molar-refractivity contribution >= 4 is 20.0 Å². The third-order valence-electron chi connectivity index (χ3n) is 7.30. The molecule has 1 amide bonds. The van der Waals surface area contributed by atoms with E-state index in [2.05, 4.69) is 29.7 Å². The summed E-state index contributed by atoms with van der Waals surface area (Å²) >= 11 is 0. The lowest BCUT2D eigenvalue weighted by Crippen LogP contribution is -2.61. The highest BCUT2D eigenvalue weighted by Gasteiger charge is 2.50. The molecule has 2 fully saturated rings. The lowest BCUT2D eigenvalue weighted by atomic mass is 9.67. The molecule has 0 radical (unpaired) electrons. The van der Waals surface area contributed by atoms with Gasteiger partial charge in [-0.05, 0) is 44.2 Å². The molecule has 1 aliphatic heterocycles. The highest BCUT2D eigenvalue weighted by Crippen LogP contribution is 2.47. The van der Waals surface area contributed by atoms with Gasteiger partial charge in [-0.2, -0.15) is 5.10 Å². The van der Waals surface area contributed by atoms with E-state index >= 15 is 0 Å². The number of likely N-dealkylation sites (tertiary alicyclic amines) is 1. The third kappa shape index (κ3) is 5.46. The van der Waals surface area contributed by atoms with Crippen LogP contribution in [0.3, 0.4) is 0 Å². The van der Waals surface area contributed by atoms with Crippen molar-refractivity contribution in [3.63, 3.8) is 0 Å². The van der Waals surface area contributed by atoms with Crippen molar-refractivity contribution in [2.45, 2.75) is 70.1 Å². The molecule has 1 saturated carbocycles. The van der Waals surface area contributed by atoms with E-state index in [1.54, 1.807) is 11.0 Å². The van der Waals surface area contributed by atoms with Crippen LogP contribution >= 0.6 is 0 Å². The lowest BCUT2D eigenvalue weighted by molar-refractivity contribution is -0.146. The zero-order valence-electron chi connectivity index (χ0n) is 21.4. The summed E-state index contributed by atoms with van der Waals surface area (Å²) in [5.41, 5.74) is 0.355.